The SMILES string of the molecule is C1=C(c2ccc(-c3ccc(-c4ccc(N(C5=CC=C(c6nc7ccccc7s6)CC5)c5ccccc5)cc4)cc3)cc2)CCC(N(c2ccccc2)c2ccc(-c3nc4ccccc4s3)cc2)=C1. The Labute approximate surface area is 405 Å². The minimum Gasteiger partial charge on any atom is -0.314 e. The van der Waals surface area contributed by atoms with Crippen molar-refractivity contribution in [3.8, 4) is 32.8 Å². The van der Waals surface area contributed by atoms with Gasteiger partial charge in [0.05, 0.1) is 20.4 Å². The van der Waals surface area contributed by atoms with Gasteiger partial charge < -0.3 is 9.80 Å². The first-order chi connectivity index (χ1) is 33.7. The van der Waals surface area contributed by atoms with Crippen molar-refractivity contribution in [2.45, 2.75) is 25.7 Å². The van der Waals surface area contributed by atoms with Crippen LogP contribution in [0.2, 0.25) is 0 Å². The van der Waals surface area contributed by atoms with Crippen molar-refractivity contribution in [3.05, 3.63) is 253 Å². The Morgan fingerprint density at radius 3 is 1.12 bits per heavy atom. The lowest BCUT2D eigenvalue weighted by molar-refractivity contribution is 0.929. The van der Waals surface area contributed by atoms with Crippen molar-refractivity contribution in [1.29, 1.82) is 0 Å². The molecule has 0 amide bonds. The summed E-state index contributed by atoms with van der Waals surface area (Å²) in [5, 5.41) is 2.17. The number of hydrogen-bond acceptors (Lipinski definition) is 6. The number of allylic oxidation sites excluding steroid dienone is 8. The number of nitrogens with zero attached hydrogens (tertiary/aromatic N) is 4. The van der Waals surface area contributed by atoms with Crippen LogP contribution in [0.25, 0.3) is 64.4 Å². The first-order valence-electron chi connectivity index (χ1n) is 23.3. The second kappa shape index (κ2) is 18.4. The fourth-order valence-electron chi connectivity index (χ4n) is 9.45. The van der Waals surface area contributed by atoms with Crippen LogP contribution < -0.4 is 9.80 Å². The summed E-state index contributed by atoms with van der Waals surface area (Å²) in [6.07, 6.45) is 13.0. The molecule has 0 atom stereocenters. The van der Waals surface area contributed by atoms with Gasteiger partial charge >= 0.3 is 0 Å². The van der Waals surface area contributed by atoms with E-state index in [-0.39, 0.29) is 0 Å². The zero-order valence-electron chi connectivity index (χ0n) is 37.4. The van der Waals surface area contributed by atoms with Crippen molar-refractivity contribution in [2.75, 3.05) is 9.80 Å². The predicted molar refractivity (Wildman–Crippen MR) is 290 cm³/mol. The molecule has 0 aliphatic heterocycles. The van der Waals surface area contributed by atoms with E-state index in [1.165, 1.54) is 59.8 Å². The largest absolute Gasteiger partial charge is 0.314 e. The highest BCUT2D eigenvalue weighted by Crippen LogP contribution is 2.41. The van der Waals surface area contributed by atoms with E-state index in [1.54, 1.807) is 22.7 Å². The van der Waals surface area contributed by atoms with Crippen LogP contribution in [-0.4, -0.2) is 9.97 Å². The maximum atomic E-state index is 4.94. The Morgan fingerprint density at radius 2 is 0.662 bits per heavy atom. The van der Waals surface area contributed by atoms with E-state index in [2.05, 4.69) is 240 Å². The van der Waals surface area contributed by atoms with Crippen molar-refractivity contribution >= 4 is 77.0 Å². The molecule has 2 aliphatic carbocycles. The molecular formula is C62H46N4S2. The minimum absolute atomic E-state index is 0.938. The Morgan fingerprint density at radius 1 is 0.294 bits per heavy atom. The van der Waals surface area contributed by atoms with E-state index >= 15 is 0 Å². The molecular weight excluding hydrogens is 865 g/mol. The fourth-order valence-corrected chi connectivity index (χ4v) is 11.4. The number of benzene rings is 8. The van der Waals surface area contributed by atoms with Gasteiger partial charge in [-0.15, -0.1) is 22.7 Å². The summed E-state index contributed by atoms with van der Waals surface area (Å²) in [6, 6.07) is 74.1. The number of fused-ring (bicyclic) bond motifs is 2. The second-order valence-corrected chi connectivity index (χ2v) is 19.3. The van der Waals surface area contributed by atoms with Crippen molar-refractivity contribution in [1.82, 2.24) is 9.97 Å². The highest BCUT2D eigenvalue weighted by molar-refractivity contribution is 7.21. The molecule has 0 unspecified atom stereocenters. The first-order valence-corrected chi connectivity index (χ1v) is 24.9. The van der Waals surface area contributed by atoms with E-state index in [0.717, 1.165) is 75.0 Å². The molecule has 2 heterocycles. The molecule has 10 aromatic rings. The van der Waals surface area contributed by atoms with Gasteiger partial charge in [0.25, 0.3) is 0 Å². The molecule has 0 bridgehead atoms. The van der Waals surface area contributed by atoms with Gasteiger partial charge in [-0.05, 0) is 162 Å². The fraction of sp³-hybridized carbons (Fsp3) is 0.0645. The molecule has 0 saturated heterocycles. The van der Waals surface area contributed by atoms with Crippen LogP contribution in [-0.2, 0) is 0 Å². The summed E-state index contributed by atoms with van der Waals surface area (Å²) in [5.41, 5.74) is 19.2. The van der Waals surface area contributed by atoms with Crippen LogP contribution in [0.5, 0.6) is 0 Å². The molecule has 12 rings (SSSR count). The molecule has 326 valence electrons. The Bertz CT molecular complexity index is 3460. The maximum Gasteiger partial charge on any atom is 0.124 e. The monoisotopic (exact) mass is 910 g/mol. The third-order valence-corrected chi connectivity index (χ3v) is 15.2. The molecule has 8 aromatic carbocycles. The molecule has 0 saturated carbocycles. The number of rotatable bonds is 11. The maximum absolute atomic E-state index is 4.94. The summed E-state index contributed by atoms with van der Waals surface area (Å²) in [7, 11) is 0. The van der Waals surface area contributed by atoms with Crippen molar-refractivity contribution in [2.24, 2.45) is 0 Å². The minimum atomic E-state index is 0.938. The lowest BCUT2D eigenvalue weighted by Gasteiger charge is -2.30. The molecule has 0 fully saturated rings. The highest BCUT2D eigenvalue weighted by Gasteiger charge is 2.21. The predicted octanol–water partition coefficient (Wildman–Crippen LogP) is 17.7. The van der Waals surface area contributed by atoms with Gasteiger partial charge in [0.1, 0.15) is 10.0 Å². The van der Waals surface area contributed by atoms with Gasteiger partial charge in [0.2, 0.25) is 0 Å². The Balaban J connectivity index is 0.740. The normalized spacial score (nSPS) is 13.7. The highest BCUT2D eigenvalue weighted by atomic mass is 32.1. The number of para-hydroxylation sites is 4. The first kappa shape index (κ1) is 41.5. The molecule has 2 aliphatic rings. The van der Waals surface area contributed by atoms with E-state index in [4.69, 9.17) is 9.97 Å². The summed E-state index contributed by atoms with van der Waals surface area (Å²) in [5.74, 6) is 0. The number of anilines is 4. The average Bonchev–Trinajstić information content (AvgIpc) is 4.06. The summed E-state index contributed by atoms with van der Waals surface area (Å²) in [6.45, 7) is 0. The average molecular weight is 911 g/mol. The van der Waals surface area contributed by atoms with E-state index in [0.29, 0.717) is 0 Å². The van der Waals surface area contributed by atoms with Crippen LogP contribution in [0.1, 0.15) is 36.3 Å². The Kier molecular flexibility index (Phi) is 11.2. The van der Waals surface area contributed by atoms with Gasteiger partial charge in [-0.3, -0.25) is 0 Å². The molecule has 4 nitrogen and oxygen atoms in total. The van der Waals surface area contributed by atoms with E-state index < -0.39 is 0 Å². The molecule has 6 heteroatoms. The third-order valence-electron chi connectivity index (χ3n) is 13.0. The van der Waals surface area contributed by atoms with Crippen LogP contribution in [0.4, 0.5) is 22.7 Å². The lowest BCUT2D eigenvalue weighted by Crippen LogP contribution is -2.17. The summed E-state index contributed by atoms with van der Waals surface area (Å²) in [4.78, 5) is 14.6. The lowest BCUT2D eigenvalue weighted by atomic mass is 9.93. The zero-order valence-corrected chi connectivity index (χ0v) is 39.0. The van der Waals surface area contributed by atoms with Gasteiger partial charge in [0, 0.05) is 39.7 Å². The molecule has 0 radical (unpaired) electrons. The molecule has 68 heavy (non-hydrogen) atoms. The Hall–Kier alpha value is -7.90. The third kappa shape index (κ3) is 8.41. The molecule has 0 N–H and O–H groups in total. The topological polar surface area (TPSA) is 32.3 Å². The van der Waals surface area contributed by atoms with E-state index in [9.17, 15) is 0 Å². The van der Waals surface area contributed by atoms with Crippen LogP contribution in [0, 0.1) is 0 Å². The number of hydrogen-bond donors (Lipinski definition) is 0. The van der Waals surface area contributed by atoms with Gasteiger partial charge in [-0.2, -0.15) is 0 Å². The zero-order chi connectivity index (χ0) is 45.2. The smallest absolute Gasteiger partial charge is 0.124 e. The van der Waals surface area contributed by atoms with Crippen LogP contribution >= 0.6 is 22.7 Å². The second-order valence-electron chi connectivity index (χ2n) is 17.3. The van der Waals surface area contributed by atoms with E-state index in [1.807, 2.05) is 0 Å². The van der Waals surface area contributed by atoms with Crippen LogP contribution in [0.3, 0.4) is 0 Å². The standard InChI is InChI=1S/C62H46N4S2/c1-3-11-51(12-4-1)65(55-39-31-49(32-40-55)61-63-57-15-7-9-17-59(57)67-61)53-35-27-47(28-36-53)45-23-19-43(20-24-45)44-21-25-46(26-22-44)48-29-37-54(38-30-48)66(52-13-5-2-6-14-52)56-41-33-50(34-42-56)62-64-58-16-8-10-18-60(58)68-62/h1-29,31,33-37,39,41-42H,30,32,38,40H2. The molecule has 2 aromatic heterocycles. The van der Waals surface area contributed by atoms with Gasteiger partial charge in [-0.25, -0.2) is 9.97 Å². The van der Waals surface area contributed by atoms with Crippen molar-refractivity contribution in [3.63, 3.8) is 0 Å². The van der Waals surface area contributed by atoms with Gasteiger partial charge in [-0.1, -0.05) is 133 Å². The number of aromatic nitrogens is 2. The molecule has 0 spiro atoms. The van der Waals surface area contributed by atoms with Gasteiger partial charge in [0.15, 0.2) is 0 Å². The summed E-state index contributed by atoms with van der Waals surface area (Å²) >= 11 is 3.52. The van der Waals surface area contributed by atoms with Crippen LogP contribution in [0.15, 0.2) is 242 Å². The quantitative estimate of drug-likeness (QED) is 0.129. The number of thiazole rings is 2. The summed E-state index contributed by atoms with van der Waals surface area (Å²) < 4.78 is 2.45. The van der Waals surface area contributed by atoms with Crippen molar-refractivity contribution < 1.29 is 0 Å².